The van der Waals surface area contributed by atoms with E-state index in [4.69, 9.17) is 0 Å². The van der Waals surface area contributed by atoms with E-state index in [-0.39, 0.29) is 18.3 Å². The SMILES string of the molecule is O=C(NCc1cccc(F)c1)c1csc(-c2ccncc2)n1. The molecule has 0 fully saturated rings. The van der Waals surface area contributed by atoms with Crippen LogP contribution in [0.1, 0.15) is 16.1 Å². The van der Waals surface area contributed by atoms with Gasteiger partial charge in [-0.25, -0.2) is 9.37 Å². The normalized spacial score (nSPS) is 10.4. The summed E-state index contributed by atoms with van der Waals surface area (Å²) in [5.74, 6) is -0.596. The van der Waals surface area contributed by atoms with Crippen LogP contribution in [0.25, 0.3) is 10.6 Å². The molecule has 0 spiro atoms. The Kier molecular flexibility index (Phi) is 4.20. The van der Waals surface area contributed by atoms with Crippen LogP contribution in [0.3, 0.4) is 0 Å². The van der Waals surface area contributed by atoms with Crippen LogP contribution in [0, 0.1) is 5.82 Å². The van der Waals surface area contributed by atoms with E-state index in [0.717, 1.165) is 10.6 Å². The quantitative estimate of drug-likeness (QED) is 0.804. The molecule has 0 unspecified atom stereocenters. The van der Waals surface area contributed by atoms with Gasteiger partial charge in [0.25, 0.3) is 5.91 Å². The maximum absolute atomic E-state index is 13.1. The second kappa shape index (κ2) is 6.44. The highest BCUT2D eigenvalue weighted by atomic mass is 32.1. The van der Waals surface area contributed by atoms with Crippen LogP contribution >= 0.6 is 11.3 Å². The summed E-state index contributed by atoms with van der Waals surface area (Å²) >= 11 is 1.40. The summed E-state index contributed by atoms with van der Waals surface area (Å²) in [5, 5.41) is 5.20. The third kappa shape index (κ3) is 3.35. The van der Waals surface area contributed by atoms with Crippen LogP contribution in [-0.4, -0.2) is 15.9 Å². The summed E-state index contributed by atoms with van der Waals surface area (Å²) in [6, 6.07) is 9.81. The lowest BCUT2D eigenvalue weighted by molar-refractivity contribution is 0.0946. The first-order valence-corrected chi connectivity index (χ1v) is 7.49. The van der Waals surface area contributed by atoms with E-state index < -0.39 is 0 Å². The number of rotatable bonds is 4. The van der Waals surface area contributed by atoms with Gasteiger partial charge in [-0.1, -0.05) is 12.1 Å². The molecule has 110 valence electrons. The van der Waals surface area contributed by atoms with Gasteiger partial charge in [0, 0.05) is 29.9 Å². The monoisotopic (exact) mass is 313 g/mol. The number of carbonyl (C=O) groups excluding carboxylic acids is 1. The Bertz CT molecular complexity index is 789. The molecule has 6 heteroatoms. The van der Waals surface area contributed by atoms with Crippen molar-refractivity contribution in [2.45, 2.75) is 6.54 Å². The highest BCUT2D eigenvalue weighted by Crippen LogP contribution is 2.22. The van der Waals surface area contributed by atoms with Crippen molar-refractivity contribution < 1.29 is 9.18 Å². The summed E-state index contributed by atoms with van der Waals surface area (Å²) < 4.78 is 13.1. The molecular weight excluding hydrogens is 301 g/mol. The van der Waals surface area contributed by atoms with Gasteiger partial charge >= 0.3 is 0 Å². The molecular formula is C16H12FN3OS. The van der Waals surface area contributed by atoms with Crippen molar-refractivity contribution in [3.63, 3.8) is 0 Å². The largest absolute Gasteiger partial charge is 0.347 e. The lowest BCUT2D eigenvalue weighted by Crippen LogP contribution is -2.23. The first-order valence-electron chi connectivity index (χ1n) is 6.61. The summed E-state index contributed by atoms with van der Waals surface area (Å²) in [4.78, 5) is 20.3. The molecule has 1 amide bonds. The fourth-order valence-electron chi connectivity index (χ4n) is 1.92. The van der Waals surface area contributed by atoms with E-state index in [1.165, 1.54) is 23.5 Å². The van der Waals surface area contributed by atoms with Crippen LogP contribution in [0.2, 0.25) is 0 Å². The summed E-state index contributed by atoms with van der Waals surface area (Å²) in [7, 11) is 0. The minimum Gasteiger partial charge on any atom is -0.347 e. The zero-order chi connectivity index (χ0) is 15.4. The van der Waals surface area contributed by atoms with Crippen molar-refractivity contribution in [3.8, 4) is 10.6 Å². The standard InChI is InChI=1S/C16H12FN3OS/c17-13-3-1-2-11(8-13)9-19-15(21)14-10-22-16(20-14)12-4-6-18-7-5-12/h1-8,10H,9H2,(H,19,21). The summed E-state index contributed by atoms with van der Waals surface area (Å²) in [5.41, 5.74) is 1.98. The first kappa shape index (κ1) is 14.3. The molecule has 0 saturated heterocycles. The Morgan fingerprint density at radius 2 is 2.05 bits per heavy atom. The van der Waals surface area contributed by atoms with Gasteiger partial charge in [0.2, 0.25) is 0 Å². The Balaban J connectivity index is 1.67. The average molecular weight is 313 g/mol. The molecule has 3 aromatic rings. The van der Waals surface area contributed by atoms with Gasteiger partial charge in [0.1, 0.15) is 16.5 Å². The van der Waals surface area contributed by atoms with Gasteiger partial charge in [-0.15, -0.1) is 11.3 Å². The molecule has 0 aliphatic rings. The lowest BCUT2D eigenvalue weighted by atomic mass is 10.2. The minimum absolute atomic E-state index is 0.263. The average Bonchev–Trinajstić information content (AvgIpc) is 3.04. The number of hydrogen-bond acceptors (Lipinski definition) is 4. The molecule has 2 aromatic heterocycles. The predicted octanol–water partition coefficient (Wildman–Crippen LogP) is 3.27. The van der Waals surface area contributed by atoms with E-state index in [0.29, 0.717) is 11.3 Å². The zero-order valence-electron chi connectivity index (χ0n) is 11.5. The number of pyridine rings is 1. The van der Waals surface area contributed by atoms with Crippen molar-refractivity contribution >= 4 is 17.2 Å². The highest BCUT2D eigenvalue weighted by molar-refractivity contribution is 7.13. The van der Waals surface area contributed by atoms with Crippen LogP contribution in [0.4, 0.5) is 4.39 Å². The van der Waals surface area contributed by atoms with Crippen molar-refractivity contribution in [2.24, 2.45) is 0 Å². The number of carbonyl (C=O) groups is 1. The number of thiazole rings is 1. The topological polar surface area (TPSA) is 54.9 Å². The predicted molar refractivity (Wildman–Crippen MR) is 82.9 cm³/mol. The maximum atomic E-state index is 13.1. The highest BCUT2D eigenvalue weighted by Gasteiger charge is 2.11. The van der Waals surface area contributed by atoms with Crippen LogP contribution in [0.5, 0.6) is 0 Å². The third-order valence-electron chi connectivity index (χ3n) is 3.01. The number of hydrogen-bond donors (Lipinski definition) is 1. The molecule has 0 aliphatic carbocycles. The molecule has 1 N–H and O–H groups in total. The first-order chi connectivity index (χ1) is 10.7. The second-order valence-corrected chi connectivity index (χ2v) is 5.44. The maximum Gasteiger partial charge on any atom is 0.271 e. The minimum atomic E-state index is -0.319. The Morgan fingerprint density at radius 3 is 2.82 bits per heavy atom. The number of aromatic nitrogens is 2. The van der Waals surface area contributed by atoms with Crippen molar-refractivity contribution in [1.82, 2.24) is 15.3 Å². The van der Waals surface area contributed by atoms with Gasteiger partial charge in [-0.05, 0) is 29.8 Å². The van der Waals surface area contributed by atoms with E-state index >= 15 is 0 Å². The number of nitrogens with zero attached hydrogens (tertiary/aromatic N) is 2. The van der Waals surface area contributed by atoms with E-state index in [9.17, 15) is 9.18 Å². The van der Waals surface area contributed by atoms with Crippen LogP contribution in [-0.2, 0) is 6.54 Å². The molecule has 0 atom stereocenters. The molecule has 0 saturated carbocycles. The van der Waals surface area contributed by atoms with Crippen molar-refractivity contribution in [2.75, 3.05) is 0 Å². The van der Waals surface area contributed by atoms with E-state index in [1.807, 2.05) is 12.1 Å². The molecule has 22 heavy (non-hydrogen) atoms. The number of halogens is 1. The smallest absolute Gasteiger partial charge is 0.271 e. The number of benzene rings is 1. The molecule has 0 aliphatic heterocycles. The van der Waals surface area contributed by atoms with Crippen molar-refractivity contribution in [3.05, 3.63) is 71.2 Å². The summed E-state index contributed by atoms with van der Waals surface area (Å²) in [6.45, 7) is 0.263. The Morgan fingerprint density at radius 1 is 1.23 bits per heavy atom. The molecule has 1 aromatic carbocycles. The Labute approximate surface area is 130 Å². The molecule has 3 rings (SSSR count). The van der Waals surface area contributed by atoms with Crippen molar-refractivity contribution in [1.29, 1.82) is 0 Å². The number of nitrogens with one attached hydrogen (secondary N) is 1. The molecule has 2 heterocycles. The lowest BCUT2D eigenvalue weighted by Gasteiger charge is -2.03. The summed E-state index contributed by atoms with van der Waals surface area (Å²) in [6.07, 6.45) is 3.36. The van der Waals surface area contributed by atoms with Gasteiger partial charge in [0.15, 0.2) is 0 Å². The van der Waals surface area contributed by atoms with E-state index in [1.54, 1.807) is 29.9 Å². The molecule has 0 bridgehead atoms. The zero-order valence-corrected chi connectivity index (χ0v) is 12.3. The van der Waals surface area contributed by atoms with Crippen LogP contribution in [0.15, 0.2) is 54.2 Å². The second-order valence-electron chi connectivity index (χ2n) is 4.59. The Hall–Kier alpha value is -2.60. The van der Waals surface area contributed by atoms with Gasteiger partial charge in [-0.2, -0.15) is 0 Å². The van der Waals surface area contributed by atoms with Gasteiger partial charge in [0.05, 0.1) is 0 Å². The third-order valence-corrected chi connectivity index (χ3v) is 3.90. The molecule has 0 radical (unpaired) electrons. The van der Waals surface area contributed by atoms with Crippen LogP contribution < -0.4 is 5.32 Å². The fraction of sp³-hybridized carbons (Fsp3) is 0.0625. The molecule has 4 nitrogen and oxygen atoms in total. The van der Waals surface area contributed by atoms with Gasteiger partial charge in [-0.3, -0.25) is 9.78 Å². The fourth-order valence-corrected chi connectivity index (χ4v) is 2.73. The van der Waals surface area contributed by atoms with Gasteiger partial charge < -0.3 is 5.32 Å². The number of amides is 1. The van der Waals surface area contributed by atoms with E-state index in [2.05, 4.69) is 15.3 Å².